The molecule has 32 heavy (non-hydrogen) atoms. The van der Waals surface area contributed by atoms with E-state index in [-0.39, 0.29) is 0 Å². The first-order chi connectivity index (χ1) is 14.8. The van der Waals surface area contributed by atoms with Gasteiger partial charge in [0.2, 0.25) is 0 Å². The number of carbonyl (C=O) groups excluding carboxylic acids is 6. The van der Waals surface area contributed by atoms with Crippen molar-refractivity contribution in [1.29, 1.82) is 0 Å². The average molecular weight is 584 g/mol. The van der Waals surface area contributed by atoms with Gasteiger partial charge in [-0.15, -0.1) is 0 Å². The molecule has 0 aromatic rings. The molecule has 6 N–H and O–H groups in total. The van der Waals surface area contributed by atoms with Crippen LogP contribution in [0.1, 0.15) is 0 Å². The SMILES string of the molecule is O=C1[O][Ga]([O]C(=O)C(O)C(O)C(=O)[O][Ga]2[O]C(=O)C(O)C(O)C(=O)[O]2)[O]C(=O)C(O)C1O. The Morgan fingerprint density at radius 1 is 0.625 bits per heavy atom. The van der Waals surface area contributed by atoms with Crippen LogP contribution in [-0.4, -0.2) is 138 Å². The molecule has 6 atom stereocenters. The van der Waals surface area contributed by atoms with Gasteiger partial charge in [-0.25, -0.2) is 0 Å². The number of aliphatic hydroxyl groups is 6. The molecular formula is C12H12Ga2O18. The number of aliphatic hydroxyl groups excluding tert-OH is 6. The normalized spacial score (nSPS) is 28.2. The van der Waals surface area contributed by atoms with Gasteiger partial charge in [-0.1, -0.05) is 0 Å². The molecule has 18 nitrogen and oxygen atoms in total. The molecule has 0 amide bonds. The third-order valence-electron chi connectivity index (χ3n) is 3.62. The summed E-state index contributed by atoms with van der Waals surface area (Å²) >= 11 is -9.29. The molecule has 2 rings (SSSR count). The van der Waals surface area contributed by atoms with Crippen LogP contribution in [0.15, 0.2) is 0 Å². The van der Waals surface area contributed by atoms with Gasteiger partial charge < -0.3 is 0 Å². The van der Waals surface area contributed by atoms with E-state index in [2.05, 4.69) is 21.2 Å². The van der Waals surface area contributed by atoms with Crippen LogP contribution < -0.4 is 0 Å². The fourth-order valence-corrected chi connectivity index (χ4v) is 6.65. The molecule has 2 saturated heterocycles. The van der Waals surface area contributed by atoms with Crippen LogP contribution in [0.5, 0.6) is 0 Å². The van der Waals surface area contributed by atoms with Crippen LogP contribution in [-0.2, 0) is 49.9 Å². The van der Waals surface area contributed by atoms with Crippen molar-refractivity contribution < 1.29 is 80.6 Å². The number of hydrogen-bond donors (Lipinski definition) is 6. The van der Waals surface area contributed by atoms with Crippen LogP contribution in [0.4, 0.5) is 0 Å². The van der Waals surface area contributed by atoms with E-state index >= 15 is 0 Å². The molecule has 2 aliphatic rings. The van der Waals surface area contributed by atoms with Crippen LogP contribution in [0, 0.1) is 0 Å². The van der Waals surface area contributed by atoms with Crippen molar-refractivity contribution in [2.24, 2.45) is 0 Å². The summed E-state index contributed by atoms with van der Waals surface area (Å²) in [6, 6.07) is 0. The van der Waals surface area contributed by atoms with E-state index in [0.29, 0.717) is 0 Å². The van der Waals surface area contributed by atoms with Crippen LogP contribution in [0.2, 0.25) is 0 Å². The molecule has 0 aromatic carbocycles. The molecule has 0 bridgehead atoms. The first-order valence-electron chi connectivity index (χ1n) is 8.14. The Balaban J connectivity index is 1.97. The maximum atomic E-state index is 11.9. The van der Waals surface area contributed by atoms with Gasteiger partial charge in [0.05, 0.1) is 0 Å². The van der Waals surface area contributed by atoms with Gasteiger partial charge in [-0.3, -0.25) is 0 Å². The molecule has 2 heterocycles. The quantitative estimate of drug-likeness (QED) is 0.164. The fraction of sp³-hybridized carbons (Fsp3) is 0.500. The summed E-state index contributed by atoms with van der Waals surface area (Å²) in [5.41, 5.74) is 0. The predicted molar refractivity (Wildman–Crippen MR) is 84.1 cm³/mol. The van der Waals surface area contributed by atoms with Crippen LogP contribution in [0.25, 0.3) is 0 Å². The second kappa shape index (κ2) is 10.6. The first kappa shape index (κ1) is 26.1. The summed E-state index contributed by atoms with van der Waals surface area (Å²) < 4.78 is 26.4. The van der Waals surface area contributed by atoms with Gasteiger partial charge >= 0.3 is 188 Å². The average Bonchev–Trinajstić information content (AvgIpc) is 2.88. The van der Waals surface area contributed by atoms with Gasteiger partial charge in [0.1, 0.15) is 0 Å². The van der Waals surface area contributed by atoms with Crippen molar-refractivity contribution in [3.05, 3.63) is 0 Å². The monoisotopic (exact) mass is 582 g/mol. The van der Waals surface area contributed by atoms with Gasteiger partial charge in [0.25, 0.3) is 0 Å². The number of hydrogen-bond acceptors (Lipinski definition) is 18. The minimum atomic E-state index is -4.65. The zero-order valence-corrected chi connectivity index (χ0v) is 20.0. The molecule has 0 aromatic heterocycles. The molecule has 0 aliphatic carbocycles. The summed E-state index contributed by atoms with van der Waals surface area (Å²) in [4.78, 5) is 69.4. The summed E-state index contributed by atoms with van der Waals surface area (Å²) in [5.74, 6) is -10.0. The summed E-state index contributed by atoms with van der Waals surface area (Å²) in [6.07, 6.45) is -14.8. The van der Waals surface area contributed by atoms with Crippen molar-refractivity contribution in [3.63, 3.8) is 0 Å². The first-order valence-corrected chi connectivity index (χ1v) is 14.1. The molecule has 6 unspecified atom stereocenters. The molecule has 0 saturated carbocycles. The van der Waals surface area contributed by atoms with Crippen molar-refractivity contribution in [2.75, 3.05) is 0 Å². The molecule has 0 radical (unpaired) electrons. The van der Waals surface area contributed by atoms with E-state index in [4.69, 9.17) is 0 Å². The molecule has 174 valence electrons. The Bertz CT molecular complexity index is 704. The van der Waals surface area contributed by atoms with Gasteiger partial charge in [-0.2, -0.15) is 0 Å². The summed E-state index contributed by atoms with van der Waals surface area (Å²) in [6.45, 7) is 0. The second-order valence-corrected chi connectivity index (χ2v) is 11.3. The van der Waals surface area contributed by atoms with Crippen LogP contribution in [0.3, 0.4) is 0 Å². The van der Waals surface area contributed by atoms with Crippen molar-refractivity contribution in [2.45, 2.75) is 36.6 Å². The van der Waals surface area contributed by atoms with Crippen molar-refractivity contribution >= 4 is 70.4 Å². The predicted octanol–water partition coefficient (Wildman–Crippen LogP) is -7.59. The number of carbonyl (C=O) groups is 6. The van der Waals surface area contributed by atoms with E-state index in [9.17, 15) is 59.4 Å². The minimum absolute atomic E-state index is 1.58. The zero-order valence-electron chi connectivity index (χ0n) is 15.2. The Kier molecular flexibility index (Phi) is 8.69. The topological polar surface area (TPSA) is 279 Å². The molecular weight excluding hydrogens is 572 g/mol. The molecule has 2 fully saturated rings. The van der Waals surface area contributed by atoms with E-state index in [1.165, 1.54) is 0 Å². The third kappa shape index (κ3) is 6.00. The molecule has 2 aliphatic heterocycles. The Hall–Kier alpha value is -2.15. The molecule has 0 spiro atoms. The Morgan fingerprint density at radius 3 is 1.06 bits per heavy atom. The summed E-state index contributed by atoms with van der Waals surface area (Å²) in [5, 5.41) is 56.6. The van der Waals surface area contributed by atoms with E-state index < -0.39 is 107 Å². The maximum absolute atomic E-state index is 11.9. The zero-order chi connectivity index (χ0) is 24.3. The second-order valence-electron chi connectivity index (χ2n) is 5.87. The van der Waals surface area contributed by atoms with E-state index in [1.54, 1.807) is 0 Å². The van der Waals surface area contributed by atoms with E-state index in [0.717, 1.165) is 0 Å². The summed E-state index contributed by atoms with van der Waals surface area (Å²) in [7, 11) is 0. The number of rotatable bonds is 5. The van der Waals surface area contributed by atoms with Crippen molar-refractivity contribution in [3.8, 4) is 0 Å². The van der Waals surface area contributed by atoms with Gasteiger partial charge in [0.15, 0.2) is 0 Å². The van der Waals surface area contributed by atoms with Crippen LogP contribution >= 0.6 is 0 Å². The Labute approximate surface area is 187 Å². The van der Waals surface area contributed by atoms with Gasteiger partial charge in [0, 0.05) is 0 Å². The third-order valence-corrected chi connectivity index (χ3v) is 8.97. The fourth-order valence-electron chi connectivity index (χ4n) is 1.91. The van der Waals surface area contributed by atoms with Crippen molar-refractivity contribution in [1.82, 2.24) is 0 Å². The van der Waals surface area contributed by atoms with Gasteiger partial charge in [-0.05, 0) is 0 Å². The van der Waals surface area contributed by atoms with E-state index in [1.807, 2.05) is 0 Å². The Morgan fingerprint density at radius 2 is 0.844 bits per heavy atom. The standard InChI is InChI=1S/3C4H6O6.2Ga/c3*5-1(3(7)8)2(6)4(9)10;;/h3*1-2,5-6H,(H,7,8)(H,9,10);;/q;;;2*+3/p-6. The molecule has 20 heteroatoms.